The fraction of sp³-hybridized carbons (Fsp3) is 0.389. The van der Waals surface area contributed by atoms with Gasteiger partial charge in [-0.2, -0.15) is 0 Å². The molecule has 1 amide bonds. The third-order valence-corrected chi connectivity index (χ3v) is 3.96. The minimum Gasteiger partial charge on any atom is -0.426 e. The van der Waals surface area contributed by atoms with Crippen molar-refractivity contribution in [1.82, 2.24) is 4.90 Å². The van der Waals surface area contributed by atoms with Crippen LogP contribution >= 0.6 is 0 Å². The molecule has 2 heterocycles. The lowest BCUT2D eigenvalue weighted by molar-refractivity contribution is 0.0587. The Morgan fingerprint density at radius 2 is 1.96 bits per heavy atom. The van der Waals surface area contributed by atoms with Gasteiger partial charge in [0.05, 0.1) is 0 Å². The van der Waals surface area contributed by atoms with Crippen LogP contribution in [-0.2, 0) is 0 Å². The normalized spacial score (nSPS) is 21.3. The average molecular weight is 317 g/mol. The average Bonchev–Trinajstić information content (AvgIpc) is 2.94. The van der Waals surface area contributed by atoms with Gasteiger partial charge in [0.1, 0.15) is 11.6 Å². The Labute approximate surface area is 134 Å². The molecule has 1 aliphatic heterocycles. The zero-order chi connectivity index (χ0) is 16.4. The minimum atomic E-state index is -0.387. The van der Waals surface area contributed by atoms with E-state index in [2.05, 4.69) is 13.8 Å². The van der Waals surface area contributed by atoms with Gasteiger partial charge in [-0.05, 0) is 36.5 Å². The van der Waals surface area contributed by atoms with Gasteiger partial charge in [0.2, 0.25) is 0 Å². The number of nitrogens with zero attached hydrogens (tertiary/aromatic N) is 1. The van der Waals surface area contributed by atoms with Gasteiger partial charge in [0.15, 0.2) is 5.76 Å². The molecular weight excluding hydrogens is 297 g/mol. The van der Waals surface area contributed by atoms with E-state index < -0.39 is 0 Å². The first-order valence-corrected chi connectivity index (χ1v) is 7.84. The number of halogens is 1. The van der Waals surface area contributed by atoms with E-state index in [0.717, 1.165) is 19.5 Å². The summed E-state index contributed by atoms with van der Waals surface area (Å²) < 4.78 is 24.1. The molecular formula is C18H20FNO3. The molecule has 0 saturated carbocycles. The minimum absolute atomic E-state index is 0.127. The molecule has 0 radical (unpaired) electrons. The second-order valence-corrected chi connectivity index (χ2v) is 6.33. The van der Waals surface area contributed by atoms with Gasteiger partial charge < -0.3 is 14.1 Å². The number of carbonyl (C=O) groups excluding carboxylic acids is 1. The molecule has 0 bridgehead atoms. The maximum Gasteiger partial charge on any atom is 0.290 e. The summed E-state index contributed by atoms with van der Waals surface area (Å²) in [5.41, 5.74) is 0. The number of furan rings is 1. The van der Waals surface area contributed by atoms with E-state index in [4.69, 9.17) is 9.15 Å². The lowest BCUT2D eigenvalue weighted by Gasteiger charge is -2.34. The number of benzene rings is 1. The Kier molecular flexibility index (Phi) is 4.37. The van der Waals surface area contributed by atoms with Crippen molar-refractivity contribution >= 4 is 5.91 Å². The monoisotopic (exact) mass is 317 g/mol. The summed E-state index contributed by atoms with van der Waals surface area (Å²) in [5, 5.41) is 0. The molecule has 1 aromatic carbocycles. The predicted octanol–water partition coefficient (Wildman–Crippen LogP) is 4.33. The van der Waals surface area contributed by atoms with Gasteiger partial charge in [-0.3, -0.25) is 4.79 Å². The third-order valence-electron chi connectivity index (χ3n) is 3.96. The fourth-order valence-electron chi connectivity index (χ4n) is 3.12. The van der Waals surface area contributed by atoms with E-state index in [1.165, 1.54) is 12.1 Å². The lowest BCUT2D eigenvalue weighted by atomic mass is 9.92. The number of rotatable bonds is 3. The van der Waals surface area contributed by atoms with Crippen molar-refractivity contribution in [3.8, 4) is 11.7 Å². The van der Waals surface area contributed by atoms with E-state index in [1.54, 1.807) is 24.3 Å². The molecule has 122 valence electrons. The Morgan fingerprint density at radius 3 is 2.65 bits per heavy atom. The van der Waals surface area contributed by atoms with Crippen molar-refractivity contribution in [3.63, 3.8) is 0 Å². The smallest absolute Gasteiger partial charge is 0.290 e. The summed E-state index contributed by atoms with van der Waals surface area (Å²) in [5.74, 6) is 1.22. The highest BCUT2D eigenvalue weighted by molar-refractivity contribution is 5.91. The van der Waals surface area contributed by atoms with Crippen LogP contribution in [0.3, 0.4) is 0 Å². The largest absolute Gasteiger partial charge is 0.426 e. The standard InChI is InChI=1S/C18H20FNO3/c1-12-8-13(2)11-20(10-12)18(21)16-6-7-17(23-16)22-15-5-3-4-14(19)9-15/h3-7,9,12-13H,8,10-11H2,1-2H3. The molecule has 2 unspecified atom stereocenters. The van der Waals surface area contributed by atoms with Gasteiger partial charge in [-0.25, -0.2) is 4.39 Å². The Morgan fingerprint density at radius 1 is 1.22 bits per heavy atom. The van der Waals surface area contributed by atoms with E-state index >= 15 is 0 Å². The van der Waals surface area contributed by atoms with Gasteiger partial charge in [0.25, 0.3) is 11.9 Å². The maximum absolute atomic E-state index is 13.1. The van der Waals surface area contributed by atoms with Crippen LogP contribution in [0, 0.1) is 17.7 Å². The van der Waals surface area contributed by atoms with Crippen LogP contribution in [0.25, 0.3) is 0 Å². The predicted molar refractivity (Wildman–Crippen MR) is 84.0 cm³/mol. The number of likely N-dealkylation sites (tertiary alicyclic amines) is 1. The highest BCUT2D eigenvalue weighted by Gasteiger charge is 2.27. The molecule has 0 N–H and O–H groups in total. The molecule has 0 aliphatic carbocycles. The summed E-state index contributed by atoms with van der Waals surface area (Å²) in [4.78, 5) is 14.4. The topological polar surface area (TPSA) is 42.7 Å². The number of piperidine rings is 1. The fourth-order valence-corrected chi connectivity index (χ4v) is 3.12. The Hall–Kier alpha value is -2.30. The third kappa shape index (κ3) is 3.73. The number of hydrogen-bond acceptors (Lipinski definition) is 3. The summed E-state index contributed by atoms with van der Waals surface area (Å²) in [7, 11) is 0. The quantitative estimate of drug-likeness (QED) is 0.846. The maximum atomic E-state index is 13.1. The van der Waals surface area contributed by atoms with E-state index in [1.807, 2.05) is 4.90 Å². The summed E-state index contributed by atoms with van der Waals surface area (Å²) in [6.07, 6.45) is 1.13. The first kappa shape index (κ1) is 15.6. The summed E-state index contributed by atoms with van der Waals surface area (Å²) in [6.45, 7) is 5.78. The number of ether oxygens (including phenoxy) is 1. The van der Waals surface area contributed by atoms with Crippen molar-refractivity contribution in [2.75, 3.05) is 13.1 Å². The Bertz CT molecular complexity index is 687. The molecule has 0 spiro atoms. The van der Waals surface area contributed by atoms with Gasteiger partial charge >= 0.3 is 0 Å². The van der Waals surface area contributed by atoms with Crippen molar-refractivity contribution in [2.45, 2.75) is 20.3 Å². The number of hydrogen-bond donors (Lipinski definition) is 0. The summed E-state index contributed by atoms with van der Waals surface area (Å²) in [6, 6.07) is 8.95. The molecule has 23 heavy (non-hydrogen) atoms. The highest BCUT2D eigenvalue weighted by atomic mass is 19.1. The number of carbonyl (C=O) groups is 1. The van der Waals surface area contributed by atoms with Gasteiger partial charge in [0, 0.05) is 25.2 Å². The van der Waals surface area contributed by atoms with Crippen LogP contribution in [-0.4, -0.2) is 23.9 Å². The van der Waals surface area contributed by atoms with E-state index in [0.29, 0.717) is 17.6 Å². The molecule has 2 aromatic rings. The van der Waals surface area contributed by atoms with Crippen LogP contribution in [0.5, 0.6) is 11.7 Å². The van der Waals surface area contributed by atoms with Crippen LogP contribution in [0.1, 0.15) is 30.8 Å². The second-order valence-electron chi connectivity index (χ2n) is 6.33. The van der Waals surface area contributed by atoms with Crippen LogP contribution in [0.15, 0.2) is 40.8 Å². The molecule has 2 atom stereocenters. The van der Waals surface area contributed by atoms with Gasteiger partial charge in [-0.1, -0.05) is 19.9 Å². The van der Waals surface area contributed by atoms with Crippen molar-refractivity contribution in [2.24, 2.45) is 11.8 Å². The molecule has 1 aliphatic rings. The van der Waals surface area contributed by atoms with Crippen LogP contribution < -0.4 is 4.74 Å². The molecule has 5 heteroatoms. The van der Waals surface area contributed by atoms with E-state index in [9.17, 15) is 9.18 Å². The molecule has 1 fully saturated rings. The zero-order valence-electron chi connectivity index (χ0n) is 13.3. The lowest BCUT2D eigenvalue weighted by Crippen LogP contribution is -2.42. The number of amides is 1. The van der Waals surface area contributed by atoms with Gasteiger partial charge in [-0.15, -0.1) is 0 Å². The van der Waals surface area contributed by atoms with E-state index in [-0.39, 0.29) is 23.4 Å². The second kappa shape index (κ2) is 6.44. The van der Waals surface area contributed by atoms with Crippen molar-refractivity contribution < 1.29 is 18.3 Å². The molecule has 1 aromatic heterocycles. The highest BCUT2D eigenvalue weighted by Crippen LogP contribution is 2.27. The Balaban J connectivity index is 1.70. The van der Waals surface area contributed by atoms with Crippen molar-refractivity contribution in [3.05, 3.63) is 48.0 Å². The molecule has 3 rings (SSSR count). The van der Waals surface area contributed by atoms with Crippen molar-refractivity contribution in [1.29, 1.82) is 0 Å². The molecule has 4 nitrogen and oxygen atoms in total. The zero-order valence-corrected chi connectivity index (χ0v) is 13.3. The summed E-state index contributed by atoms with van der Waals surface area (Å²) >= 11 is 0. The molecule has 1 saturated heterocycles. The van der Waals surface area contributed by atoms with Crippen LogP contribution in [0.4, 0.5) is 4.39 Å². The SMILES string of the molecule is CC1CC(C)CN(C(=O)c2ccc(Oc3cccc(F)c3)o2)C1. The first-order valence-electron chi connectivity index (χ1n) is 7.84. The van der Waals surface area contributed by atoms with Crippen LogP contribution in [0.2, 0.25) is 0 Å². The first-order chi connectivity index (χ1) is 11.0.